The lowest BCUT2D eigenvalue weighted by molar-refractivity contribution is -0.146. The molecule has 1 unspecified atom stereocenters. The number of fused-ring (bicyclic) bond motifs is 1. The van der Waals surface area contributed by atoms with E-state index in [2.05, 4.69) is 41.0 Å². The van der Waals surface area contributed by atoms with Crippen LogP contribution in [0.3, 0.4) is 0 Å². The highest BCUT2D eigenvalue weighted by atomic mass is 32.2. The van der Waals surface area contributed by atoms with Gasteiger partial charge in [0.25, 0.3) is 5.91 Å². The smallest absolute Gasteiger partial charge is 0.315 e. The van der Waals surface area contributed by atoms with E-state index in [1.807, 2.05) is 13.8 Å². The molecule has 1 aliphatic heterocycles. The molecule has 0 aromatic carbocycles. The van der Waals surface area contributed by atoms with Gasteiger partial charge in [0.1, 0.15) is 12.1 Å². The first-order valence-electron chi connectivity index (χ1n) is 20.5. The lowest BCUT2D eigenvalue weighted by Gasteiger charge is -2.44. The van der Waals surface area contributed by atoms with Gasteiger partial charge >= 0.3 is 6.03 Å². The van der Waals surface area contributed by atoms with Gasteiger partial charge in [0.2, 0.25) is 17.6 Å². The molecular weight excluding hydrogens is 707 g/mol. The molecule has 12 nitrogen and oxygen atoms in total. The van der Waals surface area contributed by atoms with Gasteiger partial charge in [0.05, 0.1) is 22.1 Å². The fourth-order valence-corrected chi connectivity index (χ4v) is 11.4. The number of amides is 5. The molecule has 0 radical (unpaired) electrons. The number of urea groups is 1. The van der Waals surface area contributed by atoms with Crippen LogP contribution < -0.4 is 21.3 Å². The molecule has 5 fully saturated rings. The Kier molecular flexibility index (Phi) is 12.6. The van der Waals surface area contributed by atoms with Crippen LogP contribution in [0, 0.1) is 40.9 Å². The zero-order valence-corrected chi connectivity index (χ0v) is 34.3. The summed E-state index contributed by atoms with van der Waals surface area (Å²) >= 11 is 0. The Hall–Kier alpha value is -3.14. The number of piperidine rings is 1. The molecule has 13 heteroatoms. The number of likely N-dealkylation sites (tertiary alicyclic amines) is 1. The van der Waals surface area contributed by atoms with Crippen LogP contribution in [0.15, 0.2) is 0 Å². The van der Waals surface area contributed by atoms with Crippen LogP contribution >= 0.6 is 0 Å². The third-order valence-corrected chi connectivity index (χ3v) is 16.9. The van der Waals surface area contributed by atoms with Crippen LogP contribution in [0.4, 0.5) is 4.79 Å². The van der Waals surface area contributed by atoms with Gasteiger partial charge in [0.15, 0.2) is 9.84 Å². The first-order chi connectivity index (χ1) is 25.3. The molecule has 1 saturated heterocycles. The first-order valence-corrected chi connectivity index (χ1v) is 22.1. The van der Waals surface area contributed by atoms with Crippen molar-refractivity contribution in [1.82, 2.24) is 26.2 Å². The van der Waals surface area contributed by atoms with Gasteiger partial charge in [-0.2, -0.15) is 0 Å². The summed E-state index contributed by atoms with van der Waals surface area (Å²) in [6, 6.07) is -3.58. The molecular formula is C41H65N5O7S. The van der Waals surface area contributed by atoms with E-state index in [4.69, 9.17) is 6.42 Å². The molecule has 5 amide bonds. The summed E-state index contributed by atoms with van der Waals surface area (Å²) in [5.41, 5.74) is -1.78. The maximum atomic E-state index is 15.0. The molecule has 5 rings (SSSR count). The van der Waals surface area contributed by atoms with Crippen molar-refractivity contribution >= 4 is 39.4 Å². The van der Waals surface area contributed by atoms with Gasteiger partial charge in [-0.15, -0.1) is 12.3 Å². The average molecular weight is 772 g/mol. The van der Waals surface area contributed by atoms with Crippen molar-refractivity contribution in [1.29, 1.82) is 0 Å². The number of hydrogen-bond donors (Lipinski definition) is 4. The number of sulfone groups is 1. The Morgan fingerprint density at radius 2 is 1.54 bits per heavy atom. The SMILES string of the molecule is C#CCCC(NC(=O)[C@@H]1[C@@H]2[C@H](CN1C(=O)[C@@H](NC(=O)NC1(CS(=O)(=O)C(C)(C)CC)CCCCC1)C1(C)CCCCC1)C2(C)C)C(=O)C(=O)NCC1CC1. The second-order valence-electron chi connectivity index (χ2n) is 18.7. The topological polar surface area (TPSA) is 171 Å². The Labute approximate surface area is 323 Å². The van der Waals surface area contributed by atoms with E-state index in [1.165, 1.54) is 0 Å². The minimum atomic E-state index is -3.59. The summed E-state index contributed by atoms with van der Waals surface area (Å²) in [5.74, 6) is 0.207. The molecule has 0 aromatic rings. The minimum absolute atomic E-state index is 0.0465. The van der Waals surface area contributed by atoms with E-state index >= 15 is 0 Å². The Morgan fingerprint density at radius 3 is 2.11 bits per heavy atom. The Morgan fingerprint density at radius 1 is 0.926 bits per heavy atom. The lowest BCUT2D eigenvalue weighted by atomic mass is 9.70. The van der Waals surface area contributed by atoms with Crippen LogP contribution in [-0.4, -0.2) is 90.1 Å². The zero-order valence-electron chi connectivity index (χ0n) is 33.5. The molecule has 54 heavy (non-hydrogen) atoms. The van der Waals surface area contributed by atoms with E-state index in [1.54, 1.807) is 18.7 Å². The fraction of sp³-hybridized carbons (Fsp3) is 0.829. The highest BCUT2D eigenvalue weighted by Gasteiger charge is 2.70. The number of carbonyl (C=O) groups excluding carboxylic acids is 5. The molecule has 1 heterocycles. The molecule has 4 saturated carbocycles. The highest BCUT2D eigenvalue weighted by Crippen LogP contribution is 2.65. The standard InChI is InChI=1S/C41H65N5O7S/c1-8-10-17-29(32(47)35(49)42-24-27-18-19-27)43-34(48)31-30-28(39(30,5)6)25-46(31)36(50)33(40(7)20-13-11-14-21-40)44-37(51)45-41(22-15-12-16-23-41)26-54(52,53)38(3,4)9-2/h1,27-31,33H,9-26H2,2-7H3,(H,42,49)(H,43,48)(H2,44,45,51)/t28-,29?,30-,31-,33+/m0/s1. The van der Waals surface area contributed by atoms with Gasteiger partial charge in [-0.25, -0.2) is 13.2 Å². The van der Waals surface area contributed by atoms with Crippen molar-refractivity contribution in [2.75, 3.05) is 18.8 Å². The van der Waals surface area contributed by atoms with Crippen LogP contribution in [-0.2, 0) is 29.0 Å². The van der Waals surface area contributed by atoms with Gasteiger partial charge in [-0.05, 0) is 93.8 Å². The van der Waals surface area contributed by atoms with Crippen molar-refractivity contribution in [2.24, 2.45) is 28.6 Å². The minimum Gasteiger partial charge on any atom is -0.349 e. The number of ketones is 1. The van der Waals surface area contributed by atoms with Crippen LogP contribution in [0.2, 0.25) is 0 Å². The van der Waals surface area contributed by atoms with E-state index in [0.717, 1.165) is 51.4 Å². The number of rotatable bonds is 16. The molecule has 4 N–H and O–H groups in total. The van der Waals surface area contributed by atoms with E-state index in [-0.39, 0.29) is 41.8 Å². The summed E-state index contributed by atoms with van der Waals surface area (Å²) in [7, 11) is -3.59. The van der Waals surface area contributed by atoms with Crippen LogP contribution in [0.5, 0.6) is 0 Å². The van der Waals surface area contributed by atoms with Crippen molar-refractivity contribution in [3.63, 3.8) is 0 Å². The monoisotopic (exact) mass is 771 g/mol. The van der Waals surface area contributed by atoms with Gasteiger partial charge in [-0.1, -0.05) is 66.2 Å². The quantitative estimate of drug-likeness (QED) is 0.133. The highest BCUT2D eigenvalue weighted by molar-refractivity contribution is 7.92. The maximum Gasteiger partial charge on any atom is 0.315 e. The predicted molar refractivity (Wildman–Crippen MR) is 208 cm³/mol. The number of nitrogens with zero attached hydrogens (tertiary/aromatic N) is 1. The predicted octanol–water partition coefficient (Wildman–Crippen LogP) is 4.41. The van der Waals surface area contributed by atoms with Crippen molar-refractivity contribution in [3.8, 4) is 12.3 Å². The number of hydrogen-bond acceptors (Lipinski definition) is 7. The number of Topliss-reactive ketones (excluding diaryl/α,β-unsaturated/α-hetero) is 1. The molecule has 302 valence electrons. The molecule has 0 spiro atoms. The molecule has 4 aliphatic carbocycles. The molecule has 5 atom stereocenters. The van der Waals surface area contributed by atoms with E-state index in [9.17, 15) is 32.4 Å². The summed E-state index contributed by atoms with van der Waals surface area (Å²) in [6.07, 6.45) is 16.0. The van der Waals surface area contributed by atoms with E-state index in [0.29, 0.717) is 51.1 Å². The third-order valence-electron chi connectivity index (χ3n) is 14.0. The second kappa shape index (κ2) is 16.1. The zero-order chi connectivity index (χ0) is 39.7. The fourth-order valence-electron chi connectivity index (χ4n) is 9.44. The third kappa shape index (κ3) is 8.94. The van der Waals surface area contributed by atoms with Crippen molar-refractivity contribution in [3.05, 3.63) is 0 Å². The van der Waals surface area contributed by atoms with Crippen LogP contribution in [0.25, 0.3) is 0 Å². The molecule has 0 bridgehead atoms. The summed E-state index contributed by atoms with van der Waals surface area (Å²) in [5, 5.41) is 11.7. The van der Waals surface area contributed by atoms with Crippen molar-refractivity contribution in [2.45, 2.75) is 166 Å². The summed E-state index contributed by atoms with van der Waals surface area (Å²) in [6.45, 7) is 12.2. The Bertz CT molecular complexity index is 1600. The largest absolute Gasteiger partial charge is 0.349 e. The first kappa shape index (κ1) is 42.0. The van der Waals surface area contributed by atoms with Crippen LogP contribution in [0.1, 0.15) is 138 Å². The van der Waals surface area contributed by atoms with Gasteiger partial charge in [-0.3, -0.25) is 19.2 Å². The normalized spacial score (nSPS) is 26.6. The average Bonchev–Trinajstić information content (AvgIpc) is 3.99. The summed E-state index contributed by atoms with van der Waals surface area (Å²) < 4.78 is 26.4. The summed E-state index contributed by atoms with van der Waals surface area (Å²) in [4.78, 5) is 71.2. The number of nitrogens with one attached hydrogen (secondary N) is 4. The van der Waals surface area contributed by atoms with Gasteiger partial charge in [0, 0.05) is 19.5 Å². The van der Waals surface area contributed by atoms with Crippen molar-refractivity contribution < 1.29 is 32.4 Å². The lowest BCUT2D eigenvalue weighted by Crippen LogP contribution is -2.65. The number of carbonyl (C=O) groups is 5. The second-order valence-corrected chi connectivity index (χ2v) is 21.3. The number of terminal acetylenes is 1. The Balaban J connectivity index is 1.39. The molecule has 5 aliphatic rings. The van der Waals surface area contributed by atoms with Gasteiger partial charge < -0.3 is 26.2 Å². The molecule has 0 aromatic heterocycles. The maximum absolute atomic E-state index is 15.0. The van der Waals surface area contributed by atoms with E-state index < -0.39 is 67.3 Å².